The number of urea groups is 1. The van der Waals surface area contributed by atoms with Crippen LogP contribution in [0.2, 0.25) is 0 Å². The number of fused-ring (bicyclic) bond motifs is 5. The fourth-order valence-electron chi connectivity index (χ4n) is 5.38. The number of ether oxygens (including phenoxy) is 1. The molecule has 2 aliphatic rings. The molecule has 0 fully saturated rings. The molecule has 2 aromatic heterocycles. The van der Waals surface area contributed by atoms with E-state index in [1.165, 1.54) is 46.0 Å². The van der Waals surface area contributed by atoms with Crippen LogP contribution in [0.4, 0.5) is 14.9 Å². The van der Waals surface area contributed by atoms with Crippen LogP contribution in [0.15, 0.2) is 66.9 Å². The average Bonchev–Trinajstić information content (AvgIpc) is 3.48. The Kier molecular flexibility index (Phi) is 6.01. The number of aryl methyl sites for hydroxylation is 1. The van der Waals surface area contributed by atoms with Crippen molar-refractivity contribution in [2.45, 2.75) is 45.2 Å². The minimum absolute atomic E-state index is 0.190. The zero-order chi connectivity index (χ0) is 24.6. The Bertz CT molecular complexity index is 1390. The van der Waals surface area contributed by atoms with E-state index >= 15 is 0 Å². The standard InChI is InChI=1S/C29H28FN3O2S/c1-2-35-22-15-13-21(14-16-22)31-29(34)33-18-24-23-6-3-4-8-26(23)36-28(24)32-17-5-7-25(32)27(33)19-9-11-20(30)12-10-19/h5,7,9-17,27H,2-4,6,8,18H2,1H3,(H,31,34). The minimum Gasteiger partial charge on any atom is -0.494 e. The molecule has 1 aliphatic carbocycles. The largest absolute Gasteiger partial charge is 0.494 e. The van der Waals surface area contributed by atoms with Crippen LogP contribution in [0.1, 0.15) is 53.1 Å². The van der Waals surface area contributed by atoms with Crippen molar-refractivity contribution in [1.29, 1.82) is 0 Å². The molecule has 0 spiro atoms. The summed E-state index contributed by atoms with van der Waals surface area (Å²) < 4.78 is 21.6. The SMILES string of the molecule is CCOc1ccc(NC(=O)N2Cc3c(sc4c3CCCC4)-n3cccc3C2c2ccc(F)cc2)cc1. The molecule has 5 nitrogen and oxygen atoms in total. The number of amides is 2. The Morgan fingerprint density at radius 3 is 2.61 bits per heavy atom. The van der Waals surface area contributed by atoms with Gasteiger partial charge in [-0.05, 0) is 92.3 Å². The highest BCUT2D eigenvalue weighted by atomic mass is 32.1. The lowest BCUT2D eigenvalue weighted by atomic mass is 9.95. The van der Waals surface area contributed by atoms with Crippen LogP contribution in [0, 0.1) is 5.82 Å². The number of hydrogen-bond donors (Lipinski definition) is 1. The van der Waals surface area contributed by atoms with Crippen LogP contribution < -0.4 is 10.1 Å². The number of carbonyl (C=O) groups excluding carboxylic acids is 1. The Labute approximate surface area is 214 Å². The summed E-state index contributed by atoms with van der Waals surface area (Å²) in [5.74, 6) is 0.475. The molecule has 2 aromatic carbocycles. The van der Waals surface area contributed by atoms with Crippen molar-refractivity contribution in [1.82, 2.24) is 9.47 Å². The van der Waals surface area contributed by atoms with Crippen LogP contribution in [0.5, 0.6) is 5.75 Å². The van der Waals surface area contributed by atoms with Gasteiger partial charge in [-0.25, -0.2) is 9.18 Å². The van der Waals surface area contributed by atoms with Crippen LogP contribution >= 0.6 is 11.3 Å². The van der Waals surface area contributed by atoms with Crippen molar-refractivity contribution in [3.8, 4) is 10.8 Å². The predicted molar refractivity (Wildman–Crippen MR) is 141 cm³/mol. The third-order valence-electron chi connectivity index (χ3n) is 7.04. The van der Waals surface area contributed by atoms with E-state index in [-0.39, 0.29) is 17.9 Å². The fraction of sp³-hybridized carbons (Fsp3) is 0.276. The van der Waals surface area contributed by atoms with Gasteiger partial charge in [-0.2, -0.15) is 0 Å². The second-order valence-corrected chi connectivity index (χ2v) is 10.4. The molecule has 3 heterocycles. The summed E-state index contributed by atoms with van der Waals surface area (Å²) in [6.45, 7) is 3.03. The molecule has 0 radical (unpaired) electrons. The summed E-state index contributed by atoms with van der Waals surface area (Å²) in [5, 5.41) is 4.30. The van der Waals surface area contributed by atoms with Gasteiger partial charge in [0.05, 0.1) is 24.9 Å². The first kappa shape index (κ1) is 22.9. The van der Waals surface area contributed by atoms with Crippen LogP contribution in [-0.4, -0.2) is 22.1 Å². The van der Waals surface area contributed by atoms with Crippen LogP contribution in [-0.2, 0) is 19.4 Å². The number of anilines is 1. The molecule has 6 rings (SSSR count). The van der Waals surface area contributed by atoms with E-state index in [0.29, 0.717) is 18.8 Å². The number of halogens is 1. The quantitative estimate of drug-likeness (QED) is 0.324. The molecule has 0 saturated heterocycles. The highest BCUT2D eigenvalue weighted by Gasteiger charge is 2.36. The Morgan fingerprint density at radius 1 is 1.06 bits per heavy atom. The molecular formula is C29H28FN3O2S. The maximum absolute atomic E-state index is 13.9. The van der Waals surface area contributed by atoms with E-state index in [9.17, 15) is 9.18 Å². The molecule has 7 heteroatoms. The zero-order valence-corrected chi connectivity index (χ0v) is 21.0. The first-order valence-electron chi connectivity index (χ1n) is 12.5. The molecule has 184 valence electrons. The van der Waals surface area contributed by atoms with Gasteiger partial charge in [0.1, 0.15) is 16.6 Å². The number of rotatable bonds is 4. The molecule has 1 aliphatic heterocycles. The van der Waals surface area contributed by atoms with Crippen LogP contribution in [0.3, 0.4) is 0 Å². The molecule has 0 bridgehead atoms. The molecule has 1 unspecified atom stereocenters. The van der Waals surface area contributed by atoms with Gasteiger partial charge in [0, 0.05) is 22.3 Å². The third-order valence-corrected chi connectivity index (χ3v) is 8.38. The maximum Gasteiger partial charge on any atom is 0.322 e. The molecule has 1 N–H and O–H groups in total. The maximum atomic E-state index is 13.9. The van der Waals surface area contributed by atoms with Gasteiger partial charge in [-0.15, -0.1) is 11.3 Å². The molecule has 2 amide bonds. The first-order valence-corrected chi connectivity index (χ1v) is 13.3. The van der Waals surface area contributed by atoms with Crippen molar-refractivity contribution in [3.63, 3.8) is 0 Å². The summed E-state index contributed by atoms with van der Waals surface area (Å²) >= 11 is 1.85. The van der Waals surface area contributed by atoms with Gasteiger partial charge < -0.3 is 19.5 Å². The number of benzene rings is 2. The second-order valence-electron chi connectivity index (χ2n) is 9.27. The number of aromatic nitrogens is 1. The number of nitrogens with zero attached hydrogens (tertiary/aromatic N) is 2. The number of carbonyl (C=O) groups is 1. The summed E-state index contributed by atoms with van der Waals surface area (Å²) in [5.41, 5.74) is 5.22. The molecule has 0 saturated carbocycles. The van der Waals surface area contributed by atoms with Crippen molar-refractivity contribution in [2.75, 3.05) is 11.9 Å². The third kappa shape index (κ3) is 4.07. The second kappa shape index (κ2) is 9.47. The van der Waals surface area contributed by atoms with Crippen molar-refractivity contribution >= 4 is 23.1 Å². The summed E-state index contributed by atoms with van der Waals surface area (Å²) in [6.07, 6.45) is 6.62. The highest BCUT2D eigenvalue weighted by Crippen LogP contribution is 2.44. The number of nitrogens with one attached hydrogen (secondary N) is 1. The average molecular weight is 502 g/mol. The summed E-state index contributed by atoms with van der Waals surface area (Å²) in [6, 6.07) is 17.5. The normalized spacial score (nSPS) is 16.5. The monoisotopic (exact) mass is 501 g/mol. The number of hydrogen-bond acceptors (Lipinski definition) is 3. The van der Waals surface area contributed by atoms with E-state index in [0.717, 1.165) is 29.8 Å². The van der Waals surface area contributed by atoms with Crippen LogP contribution in [0.25, 0.3) is 5.00 Å². The summed E-state index contributed by atoms with van der Waals surface area (Å²) in [7, 11) is 0. The van der Waals surface area contributed by atoms with Gasteiger partial charge >= 0.3 is 6.03 Å². The van der Waals surface area contributed by atoms with E-state index in [2.05, 4.69) is 22.1 Å². The topological polar surface area (TPSA) is 46.5 Å². The first-order chi connectivity index (χ1) is 17.6. The smallest absolute Gasteiger partial charge is 0.322 e. The lowest BCUT2D eigenvalue weighted by Crippen LogP contribution is -2.38. The van der Waals surface area contributed by atoms with Gasteiger partial charge in [-0.3, -0.25) is 0 Å². The van der Waals surface area contributed by atoms with E-state index in [1.807, 2.05) is 53.5 Å². The highest BCUT2D eigenvalue weighted by molar-refractivity contribution is 7.15. The lowest BCUT2D eigenvalue weighted by Gasteiger charge is -2.31. The Balaban J connectivity index is 1.43. The lowest BCUT2D eigenvalue weighted by molar-refractivity contribution is 0.194. The van der Waals surface area contributed by atoms with Gasteiger partial charge in [0.25, 0.3) is 0 Å². The van der Waals surface area contributed by atoms with Gasteiger partial charge in [-0.1, -0.05) is 12.1 Å². The Morgan fingerprint density at radius 2 is 1.83 bits per heavy atom. The van der Waals surface area contributed by atoms with E-state index in [1.54, 1.807) is 12.1 Å². The van der Waals surface area contributed by atoms with Crippen molar-refractivity contribution < 1.29 is 13.9 Å². The molecule has 36 heavy (non-hydrogen) atoms. The summed E-state index contributed by atoms with van der Waals surface area (Å²) in [4.78, 5) is 17.3. The van der Waals surface area contributed by atoms with E-state index < -0.39 is 0 Å². The van der Waals surface area contributed by atoms with Crippen molar-refractivity contribution in [2.24, 2.45) is 0 Å². The predicted octanol–water partition coefficient (Wildman–Crippen LogP) is 7.09. The van der Waals surface area contributed by atoms with Crippen molar-refractivity contribution in [3.05, 3.63) is 99.9 Å². The van der Waals surface area contributed by atoms with Gasteiger partial charge in [0.2, 0.25) is 0 Å². The number of thiophene rings is 1. The fourth-order valence-corrected chi connectivity index (χ4v) is 6.78. The van der Waals surface area contributed by atoms with E-state index in [4.69, 9.17) is 4.74 Å². The minimum atomic E-state index is -0.359. The molecular weight excluding hydrogens is 473 g/mol. The molecule has 4 aromatic rings. The zero-order valence-electron chi connectivity index (χ0n) is 20.2. The Hall–Kier alpha value is -3.58. The van der Waals surface area contributed by atoms with Gasteiger partial charge in [0.15, 0.2) is 0 Å². The molecule has 1 atom stereocenters.